The number of carbonyl (C=O) groups excluding carboxylic acids is 1. The van der Waals surface area contributed by atoms with E-state index in [2.05, 4.69) is 4.98 Å². The van der Waals surface area contributed by atoms with Crippen LogP contribution < -0.4 is 0 Å². The van der Waals surface area contributed by atoms with Gasteiger partial charge in [0.25, 0.3) is 0 Å². The molecule has 0 aliphatic carbocycles. The highest BCUT2D eigenvalue weighted by atomic mass is 19.1. The lowest BCUT2D eigenvalue weighted by molar-refractivity contribution is 0.0340. The monoisotopic (exact) mass is 295 g/mol. The summed E-state index contributed by atoms with van der Waals surface area (Å²) in [5.74, 6) is -0.824. The van der Waals surface area contributed by atoms with Crippen molar-refractivity contribution in [2.45, 2.75) is 13.0 Å². The first-order chi connectivity index (χ1) is 10.7. The number of hydrogen-bond donors (Lipinski definition) is 0. The van der Waals surface area contributed by atoms with Gasteiger partial charge in [0.05, 0.1) is 5.56 Å². The lowest BCUT2D eigenvalue weighted by Gasteiger charge is -2.14. The fourth-order valence-corrected chi connectivity index (χ4v) is 2.37. The highest BCUT2D eigenvalue weighted by Crippen LogP contribution is 2.24. The van der Waals surface area contributed by atoms with Crippen LogP contribution in [0.3, 0.4) is 0 Å². The van der Waals surface area contributed by atoms with Crippen molar-refractivity contribution in [3.05, 3.63) is 77.9 Å². The van der Waals surface area contributed by atoms with Gasteiger partial charge in [0.1, 0.15) is 11.9 Å². The summed E-state index contributed by atoms with van der Waals surface area (Å²) in [5, 5.41) is 0.961. The number of benzene rings is 2. The lowest BCUT2D eigenvalue weighted by atomic mass is 10.0. The number of rotatable bonds is 3. The van der Waals surface area contributed by atoms with Gasteiger partial charge >= 0.3 is 5.97 Å². The molecule has 1 aromatic heterocycles. The van der Waals surface area contributed by atoms with Gasteiger partial charge in [-0.3, -0.25) is 4.98 Å². The Kier molecular flexibility index (Phi) is 3.83. The minimum absolute atomic E-state index is 0.352. The maximum Gasteiger partial charge on any atom is 0.339 e. The molecule has 22 heavy (non-hydrogen) atoms. The molecule has 1 heterocycles. The second-order valence-corrected chi connectivity index (χ2v) is 4.97. The molecule has 4 heteroatoms. The van der Waals surface area contributed by atoms with Crippen molar-refractivity contribution in [1.82, 2.24) is 4.98 Å². The minimum Gasteiger partial charge on any atom is -0.454 e. The summed E-state index contributed by atoms with van der Waals surface area (Å²) in [4.78, 5) is 16.3. The summed E-state index contributed by atoms with van der Waals surface area (Å²) in [6.07, 6.45) is 2.89. The molecule has 110 valence electrons. The predicted molar refractivity (Wildman–Crippen MR) is 82.0 cm³/mol. The van der Waals surface area contributed by atoms with Gasteiger partial charge in [0.2, 0.25) is 0 Å². The highest BCUT2D eigenvalue weighted by molar-refractivity contribution is 6.04. The van der Waals surface area contributed by atoms with E-state index in [-0.39, 0.29) is 5.82 Å². The zero-order chi connectivity index (χ0) is 15.5. The van der Waals surface area contributed by atoms with Crippen LogP contribution in [0.2, 0.25) is 0 Å². The third-order valence-corrected chi connectivity index (χ3v) is 3.55. The number of fused-ring (bicyclic) bond motifs is 1. The Morgan fingerprint density at radius 3 is 2.45 bits per heavy atom. The van der Waals surface area contributed by atoms with Crippen LogP contribution in [0.25, 0.3) is 10.8 Å². The molecule has 0 amide bonds. The molecule has 0 bridgehead atoms. The molecule has 0 spiro atoms. The molecule has 0 saturated carbocycles. The molecule has 0 aliphatic rings. The smallest absolute Gasteiger partial charge is 0.339 e. The molecule has 0 unspecified atom stereocenters. The van der Waals surface area contributed by atoms with E-state index in [1.807, 2.05) is 0 Å². The Hall–Kier alpha value is -2.75. The van der Waals surface area contributed by atoms with Crippen LogP contribution in [0, 0.1) is 5.82 Å². The average molecular weight is 295 g/mol. The Balaban J connectivity index is 1.92. The lowest BCUT2D eigenvalue weighted by Crippen LogP contribution is -2.10. The van der Waals surface area contributed by atoms with Crippen molar-refractivity contribution in [1.29, 1.82) is 0 Å². The number of halogens is 1. The SMILES string of the molecule is C[C@@H](OC(=O)c1ccc(F)c2ccccc12)c1ccncc1. The van der Waals surface area contributed by atoms with E-state index < -0.39 is 12.1 Å². The number of pyridine rings is 1. The fraction of sp³-hybridized carbons (Fsp3) is 0.111. The fourth-order valence-electron chi connectivity index (χ4n) is 2.37. The van der Waals surface area contributed by atoms with E-state index >= 15 is 0 Å². The van der Waals surface area contributed by atoms with Gasteiger partial charge in [-0.2, -0.15) is 0 Å². The second-order valence-electron chi connectivity index (χ2n) is 4.97. The van der Waals surface area contributed by atoms with Crippen molar-refractivity contribution in [2.75, 3.05) is 0 Å². The van der Waals surface area contributed by atoms with Gasteiger partial charge in [-0.15, -0.1) is 0 Å². The van der Waals surface area contributed by atoms with Crippen molar-refractivity contribution in [3.63, 3.8) is 0 Å². The molecule has 0 aliphatic heterocycles. The van der Waals surface area contributed by atoms with Crippen molar-refractivity contribution >= 4 is 16.7 Å². The largest absolute Gasteiger partial charge is 0.454 e. The highest BCUT2D eigenvalue weighted by Gasteiger charge is 2.17. The summed E-state index contributed by atoms with van der Waals surface area (Å²) in [5.41, 5.74) is 1.22. The number of ether oxygens (including phenoxy) is 1. The molecule has 3 aromatic rings. The molecule has 0 fully saturated rings. The first kappa shape index (κ1) is 14.2. The average Bonchev–Trinajstić information content (AvgIpc) is 2.56. The van der Waals surface area contributed by atoms with Crippen LogP contribution in [0.5, 0.6) is 0 Å². The normalized spacial score (nSPS) is 12.1. The molecule has 0 saturated heterocycles. The van der Waals surface area contributed by atoms with Gasteiger partial charge in [-0.05, 0) is 42.1 Å². The number of aromatic nitrogens is 1. The van der Waals surface area contributed by atoms with Gasteiger partial charge < -0.3 is 4.74 Å². The predicted octanol–water partition coefficient (Wildman–Crippen LogP) is 4.29. The maximum absolute atomic E-state index is 13.8. The van der Waals surface area contributed by atoms with Gasteiger partial charge in [0.15, 0.2) is 0 Å². The molecular formula is C18H14FNO2. The van der Waals surface area contributed by atoms with E-state index in [1.165, 1.54) is 12.1 Å². The molecule has 0 N–H and O–H groups in total. The third-order valence-electron chi connectivity index (χ3n) is 3.55. The van der Waals surface area contributed by atoms with E-state index in [4.69, 9.17) is 4.74 Å². The quantitative estimate of drug-likeness (QED) is 0.677. The molecule has 3 rings (SSSR count). The Bertz CT molecular complexity index is 818. The van der Waals surface area contributed by atoms with Crippen LogP contribution in [0.4, 0.5) is 4.39 Å². The van der Waals surface area contributed by atoms with E-state index in [9.17, 15) is 9.18 Å². The van der Waals surface area contributed by atoms with Gasteiger partial charge in [0, 0.05) is 17.8 Å². The van der Waals surface area contributed by atoms with Crippen molar-refractivity contribution < 1.29 is 13.9 Å². The summed E-state index contributed by atoms with van der Waals surface area (Å²) >= 11 is 0. The Morgan fingerprint density at radius 2 is 1.73 bits per heavy atom. The number of hydrogen-bond acceptors (Lipinski definition) is 3. The zero-order valence-electron chi connectivity index (χ0n) is 12.0. The van der Waals surface area contributed by atoms with Crippen LogP contribution in [0.15, 0.2) is 60.9 Å². The van der Waals surface area contributed by atoms with Crippen LogP contribution in [0.1, 0.15) is 28.9 Å². The van der Waals surface area contributed by atoms with Crippen molar-refractivity contribution in [2.24, 2.45) is 0 Å². The Labute approximate surface area is 127 Å². The molecule has 0 radical (unpaired) electrons. The number of carbonyl (C=O) groups is 1. The number of nitrogens with zero attached hydrogens (tertiary/aromatic N) is 1. The topological polar surface area (TPSA) is 39.2 Å². The first-order valence-corrected chi connectivity index (χ1v) is 6.95. The molecule has 3 nitrogen and oxygen atoms in total. The van der Waals surface area contributed by atoms with E-state index in [0.717, 1.165) is 5.56 Å². The molecular weight excluding hydrogens is 281 g/mol. The number of esters is 1. The van der Waals surface area contributed by atoms with E-state index in [1.54, 1.807) is 55.7 Å². The zero-order valence-corrected chi connectivity index (χ0v) is 12.0. The third kappa shape index (κ3) is 2.68. The van der Waals surface area contributed by atoms with Crippen molar-refractivity contribution in [3.8, 4) is 0 Å². The van der Waals surface area contributed by atoms with Crippen LogP contribution in [-0.2, 0) is 4.74 Å². The standard InChI is InChI=1S/C18H14FNO2/c1-12(13-8-10-20-11-9-13)22-18(21)16-6-7-17(19)15-5-3-2-4-14(15)16/h2-12H,1H3/t12-/m1/s1. The summed E-state index contributed by atoms with van der Waals surface area (Å²) in [6.45, 7) is 1.79. The van der Waals surface area contributed by atoms with E-state index in [0.29, 0.717) is 16.3 Å². The first-order valence-electron chi connectivity index (χ1n) is 6.95. The molecule has 2 aromatic carbocycles. The minimum atomic E-state index is -0.472. The second kappa shape index (κ2) is 5.93. The summed E-state index contributed by atoms with van der Waals surface area (Å²) in [7, 11) is 0. The summed E-state index contributed by atoms with van der Waals surface area (Å²) in [6, 6.07) is 13.2. The summed E-state index contributed by atoms with van der Waals surface area (Å²) < 4.78 is 19.3. The molecule has 1 atom stereocenters. The van der Waals surface area contributed by atoms with Gasteiger partial charge in [-0.1, -0.05) is 24.3 Å². The van der Waals surface area contributed by atoms with Crippen LogP contribution in [-0.4, -0.2) is 11.0 Å². The Morgan fingerprint density at radius 1 is 1.05 bits per heavy atom. The maximum atomic E-state index is 13.8. The van der Waals surface area contributed by atoms with Gasteiger partial charge in [-0.25, -0.2) is 9.18 Å². The van der Waals surface area contributed by atoms with Crippen LogP contribution >= 0.6 is 0 Å².